The fourth-order valence-electron chi connectivity index (χ4n) is 2.64. The molecule has 0 atom stereocenters. The van der Waals surface area contributed by atoms with Crippen LogP contribution in [0.4, 0.5) is 5.69 Å². The maximum Gasteiger partial charge on any atom is 0.339 e. The van der Waals surface area contributed by atoms with Crippen LogP contribution in [0.5, 0.6) is 5.75 Å². The summed E-state index contributed by atoms with van der Waals surface area (Å²) in [6.07, 6.45) is 1.10. The van der Waals surface area contributed by atoms with Crippen molar-refractivity contribution in [1.29, 1.82) is 5.26 Å². The molecule has 1 aliphatic heterocycles. The van der Waals surface area contributed by atoms with Gasteiger partial charge < -0.3 is 19.8 Å². The predicted molar refractivity (Wildman–Crippen MR) is 86.0 cm³/mol. The lowest BCUT2D eigenvalue weighted by Crippen LogP contribution is -2.36. The number of aromatic carboxylic acids is 1. The number of hydrogen-bond donors (Lipinski definition) is 2. The van der Waals surface area contributed by atoms with E-state index < -0.39 is 11.7 Å². The zero-order valence-electron chi connectivity index (χ0n) is 12.8. The Morgan fingerprint density at radius 1 is 1.29 bits per heavy atom. The first-order valence-electron chi connectivity index (χ1n) is 7.39. The highest BCUT2D eigenvalue weighted by molar-refractivity contribution is 5.92. The third-order valence-electron chi connectivity index (χ3n) is 3.88. The zero-order chi connectivity index (χ0) is 17.1. The molecule has 1 fully saturated rings. The van der Waals surface area contributed by atoms with Crippen LogP contribution >= 0.6 is 0 Å². The maximum absolute atomic E-state index is 11.1. The van der Waals surface area contributed by atoms with E-state index in [0.717, 1.165) is 11.9 Å². The van der Waals surface area contributed by atoms with Crippen molar-refractivity contribution in [3.8, 4) is 23.1 Å². The SMILES string of the molecule is N#Cc1cc(-c2cc(C(=O)O)c(O)cn2)ccc1N1CCOCC1. The van der Waals surface area contributed by atoms with Gasteiger partial charge in [-0.05, 0) is 18.2 Å². The molecule has 2 heterocycles. The van der Waals surface area contributed by atoms with E-state index in [-0.39, 0.29) is 5.56 Å². The van der Waals surface area contributed by atoms with E-state index in [4.69, 9.17) is 9.84 Å². The molecule has 1 aliphatic rings. The van der Waals surface area contributed by atoms with Gasteiger partial charge in [0.1, 0.15) is 17.4 Å². The monoisotopic (exact) mass is 325 g/mol. The molecule has 3 rings (SSSR count). The number of rotatable bonds is 3. The van der Waals surface area contributed by atoms with Crippen LogP contribution in [-0.2, 0) is 4.74 Å². The van der Waals surface area contributed by atoms with Gasteiger partial charge in [0.25, 0.3) is 0 Å². The van der Waals surface area contributed by atoms with E-state index in [1.807, 2.05) is 6.07 Å². The second-order valence-electron chi connectivity index (χ2n) is 5.33. The van der Waals surface area contributed by atoms with Crippen LogP contribution in [0.3, 0.4) is 0 Å². The molecule has 7 heteroatoms. The van der Waals surface area contributed by atoms with Crippen LogP contribution in [-0.4, -0.2) is 47.5 Å². The normalized spacial score (nSPS) is 14.2. The Morgan fingerprint density at radius 3 is 2.71 bits per heavy atom. The van der Waals surface area contributed by atoms with Crippen LogP contribution in [0.2, 0.25) is 0 Å². The minimum atomic E-state index is -1.23. The summed E-state index contributed by atoms with van der Waals surface area (Å²) in [6.45, 7) is 2.67. The summed E-state index contributed by atoms with van der Waals surface area (Å²) >= 11 is 0. The first kappa shape index (κ1) is 15.8. The number of carbonyl (C=O) groups is 1. The molecule has 2 N–H and O–H groups in total. The largest absolute Gasteiger partial charge is 0.505 e. The molecule has 0 radical (unpaired) electrons. The van der Waals surface area contributed by atoms with E-state index in [1.54, 1.807) is 12.1 Å². The van der Waals surface area contributed by atoms with Crippen molar-refractivity contribution < 1.29 is 19.7 Å². The van der Waals surface area contributed by atoms with Crippen molar-refractivity contribution in [2.75, 3.05) is 31.2 Å². The zero-order valence-corrected chi connectivity index (χ0v) is 12.8. The summed E-state index contributed by atoms with van der Waals surface area (Å²) in [5, 5.41) is 28.1. The number of ether oxygens (including phenoxy) is 1. The van der Waals surface area contributed by atoms with Gasteiger partial charge in [0, 0.05) is 18.7 Å². The average Bonchev–Trinajstić information content (AvgIpc) is 2.62. The van der Waals surface area contributed by atoms with E-state index >= 15 is 0 Å². The van der Waals surface area contributed by atoms with E-state index in [1.165, 1.54) is 6.07 Å². The van der Waals surface area contributed by atoms with Crippen LogP contribution < -0.4 is 4.90 Å². The predicted octanol–water partition coefficient (Wildman–Crippen LogP) is 1.86. The molecule has 0 amide bonds. The van der Waals surface area contributed by atoms with Gasteiger partial charge in [-0.25, -0.2) is 4.79 Å². The molecule has 1 saturated heterocycles. The highest BCUT2D eigenvalue weighted by Crippen LogP contribution is 2.29. The number of aromatic hydroxyl groups is 1. The van der Waals surface area contributed by atoms with Crippen LogP contribution in [0.1, 0.15) is 15.9 Å². The number of morpholine rings is 1. The molecule has 0 bridgehead atoms. The number of pyridine rings is 1. The second kappa shape index (κ2) is 6.56. The summed E-state index contributed by atoms with van der Waals surface area (Å²) in [6, 6.07) is 8.76. The molecule has 0 saturated carbocycles. The summed E-state index contributed by atoms with van der Waals surface area (Å²) in [5.41, 5.74) is 2.08. The Hall–Kier alpha value is -3.11. The number of aromatic nitrogens is 1. The standard InChI is InChI=1S/C17H15N3O4/c18-9-12-7-11(1-2-15(12)20-3-5-24-6-4-20)14-8-13(17(22)23)16(21)10-19-14/h1-2,7-8,10,21H,3-6H2,(H,22,23). The number of nitrogens with zero attached hydrogens (tertiary/aromatic N) is 3. The number of hydrogen-bond acceptors (Lipinski definition) is 6. The van der Waals surface area contributed by atoms with E-state index in [9.17, 15) is 15.2 Å². The van der Waals surface area contributed by atoms with Crippen molar-refractivity contribution in [2.45, 2.75) is 0 Å². The minimum absolute atomic E-state index is 0.226. The lowest BCUT2D eigenvalue weighted by Gasteiger charge is -2.29. The molecular formula is C17H15N3O4. The van der Waals surface area contributed by atoms with Crippen molar-refractivity contribution >= 4 is 11.7 Å². The number of nitriles is 1. The van der Waals surface area contributed by atoms with Gasteiger partial charge >= 0.3 is 5.97 Å². The highest BCUT2D eigenvalue weighted by Gasteiger charge is 2.17. The Balaban J connectivity index is 2.00. The molecule has 24 heavy (non-hydrogen) atoms. The van der Waals surface area contributed by atoms with Crippen molar-refractivity contribution in [2.24, 2.45) is 0 Å². The van der Waals surface area contributed by atoms with Gasteiger partial charge in [0.2, 0.25) is 0 Å². The summed E-state index contributed by atoms with van der Waals surface area (Å²) in [7, 11) is 0. The van der Waals surface area contributed by atoms with Gasteiger partial charge in [-0.2, -0.15) is 5.26 Å². The van der Waals surface area contributed by atoms with Crippen LogP contribution in [0.25, 0.3) is 11.3 Å². The van der Waals surface area contributed by atoms with Gasteiger partial charge in [0.15, 0.2) is 0 Å². The Kier molecular flexibility index (Phi) is 4.31. The minimum Gasteiger partial charge on any atom is -0.505 e. The average molecular weight is 325 g/mol. The smallest absolute Gasteiger partial charge is 0.339 e. The third kappa shape index (κ3) is 3.00. The molecule has 0 aliphatic carbocycles. The maximum atomic E-state index is 11.1. The van der Waals surface area contributed by atoms with Crippen molar-refractivity contribution in [3.05, 3.63) is 41.6 Å². The number of carboxylic acid groups (broad SMARTS) is 1. The lowest BCUT2D eigenvalue weighted by atomic mass is 10.0. The lowest BCUT2D eigenvalue weighted by molar-refractivity contribution is 0.0693. The first-order chi connectivity index (χ1) is 11.6. The number of anilines is 1. The summed E-state index contributed by atoms with van der Waals surface area (Å²) in [4.78, 5) is 17.3. The molecule has 0 unspecified atom stereocenters. The Morgan fingerprint density at radius 2 is 2.04 bits per heavy atom. The molecule has 7 nitrogen and oxygen atoms in total. The summed E-state index contributed by atoms with van der Waals surface area (Å²) in [5.74, 6) is -1.63. The second-order valence-corrected chi connectivity index (χ2v) is 5.33. The van der Waals surface area contributed by atoms with E-state index in [2.05, 4.69) is 16.0 Å². The van der Waals surface area contributed by atoms with Gasteiger partial charge in [-0.15, -0.1) is 0 Å². The molecule has 2 aromatic rings. The van der Waals surface area contributed by atoms with Crippen molar-refractivity contribution in [3.63, 3.8) is 0 Å². The third-order valence-corrected chi connectivity index (χ3v) is 3.88. The fourth-order valence-corrected chi connectivity index (χ4v) is 2.64. The quantitative estimate of drug-likeness (QED) is 0.887. The Labute approximate surface area is 138 Å². The summed E-state index contributed by atoms with van der Waals surface area (Å²) < 4.78 is 5.32. The highest BCUT2D eigenvalue weighted by atomic mass is 16.5. The molecule has 0 spiro atoms. The molecule has 122 valence electrons. The molecule has 1 aromatic heterocycles. The molecule has 1 aromatic carbocycles. The van der Waals surface area contributed by atoms with Crippen LogP contribution in [0.15, 0.2) is 30.5 Å². The Bertz CT molecular complexity index is 823. The topological polar surface area (TPSA) is 107 Å². The first-order valence-corrected chi connectivity index (χ1v) is 7.39. The fraction of sp³-hybridized carbons (Fsp3) is 0.235. The van der Waals surface area contributed by atoms with E-state index in [0.29, 0.717) is 43.1 Å². The van der Waals surface area contributed by atoms with Gasteiger partial charge in [-0.1, -0.05) is 6.07 Å². The molecular weight excluding hydrogens is 310 g/mol. The number of benzene rings is 1. The van der Waals surface area contributed by atoms with Gasteiger partial charge in [0.05, 0.1) is 36.4 Å². The van der Waals surface area contributed by atoms with Crippen LogP contribution in [0, 0.1) is 11.3 Å². The number of carboxylic acids is 1. The van der Waals surface area contributed by atoms with Gasteiger partial charge in [-0.3, -0.25) is 4.98 Å². The van der Waals surface area contributed by atoms with Crippen molar-refractivity contribution in [1.82, 2.24) is 4.98 Å².